The number of halogens is 1. The predicted octanol–water partition coefficient (Wildman–Crippen LogP) is 7.29. The molecule has 0 bridgehead atoms. The highest BCUT2D eigenvalue weighted by atomic mass is 79.9. The van der Waals surface area contributed by atoms with Crippen LogP contribution in [0.2, 0.25) is 0 Å². The van der Waals surface area contributed by atoms with E-state index in [1.54, 1.807) is 4.90 Å². The highest BCUT2D eigenvalue weighted by Crippen LogP contribution is 2.25. The molecular formula is C32H40BrN3O2. The summed E-state index contributed by atoms with van der Waals surface area (Å²) in [7, 11) is 0. The quantitative estimate of drug-likeness (QED) is 0.212. The Morgan fingerprint density at radius 3 is 2.37 bits per heavy atom. The summed E-state index contributed by atoms with van der Waals surface area (Å²) in [5, 5.41) is 0. The molecule has 4 rings (SSSR count). The molecular weight excluding hydrogens is 538 g/mol. The number of carbonyl (C=O) groups is 2. The molecule has 0 aliphatic heterocycles. The molecule has 202 valence electrons. The van der Waals surface area contributed by atoms with Crippen molar-refractivity contribution in [3.63, 3.8) is 0 Å². The average Bonchev–Trinajstić information content (AvgIpc) is 3.38. The van der Waals surface area contributed by atoms with Crippen molar-refractivity contribution in [3.05, 3.63) is 94.2 Å². The molecule has 0 atom stereocenters. The highest BCUT2D eigenvalue weighted by molar-refractivity contribution is 9.10. The van der Waals surface area contributed by atoms with Crippen LogP contribution in [0, 0.1) is 0 Å². The van der Waals surface area contributed by atoms with E-state index in [1.807, 2.05) is 30.3 Å². The fourth-order valence-corrected chi connectivity index (χ4v) is 5.61. The number of nitrogens with zero attached hydrogens (tertiary/aromatic N) is 3. The number of aromatic nitrogens is 1. The third-order valence-electron chi connectivity index (χ3n) is 7.52. The molecule has 1 aliphatic rings. The van der Waals surface area contributed by atoms with Crippen molar-refractivity contribution < 1.29 is 9.59 Å². The Morgan fingerprint density at radius 2 is 1.66 bits per heavy atom. The van der Waals surface area contributed by atoms with Gasteiger partial charge in [-0.05, 0) is 61.2 Å². The molecule has 38 heavy (non-hydrogen) atoms. The van der Waals surface area contributed by atoms with E-state index in [2.05, 4.69) is 74.9 Å². The van der Waals surface area contributed by atoms with Gasteiger partial charge in [0.25, 0.3) is 5.91 Å². The Hall–Kier alpha value is -2.86. The summed E-state index contributed by atoms with van der Waals surface area (Å²) in [6.45, 7) is 4.22. The predicted molar refractivity (Wildman–Crippen MR) is 157 cm³/mol. The van der Waals surface area contributed by atoms with Gasteiger partial charge in [-0.25, -0.2) is 0 Å². The lowest BCUT2D eigenvalue weighted by molar-refractivity contribution is -0.135. The fourth-order valence-electron chi connectivity index (χ4n) is 5.35. The summed E-state index contributed by atoms with van der Waals surface area (Å²) in [6, 6.07) is 22.3. The van der Waals surface area contributed by atoms with Crippen molar-refractivity contribution in [1.29, 1.82) is 0 Å². The fraction of sp³-hybridized carbons (Fsp3) is 0.438. The number of hydrogen-bond donors (Lipinski definition) is 0. The standard InChI is InChI=1S/C32H40BrN3O2/c1-2-3-10-21-35(32(38)27-17-19-28(33)20-18-27)25-31(37)36(29-14-8-5-9-15-29)24-30-16-11-22-34(30)23-26-12-6-4-7-13-26/h4,6-7,11-13,16-20,22,29H,2-3,5,8-10,14-15,21,23-25H2,1H3. The summed E-state index contributed by atoms with van der Waals surface area (Å²) >= 11 is 3.45. The van der Waals surface area contributed by atoms with Crippen LogP contribution in [0.15, 0.2) is 77.4 Å². The number of hydrogen-bond acceptors (Lipinski definition) is 2. The van der Waals surface area contributed by atoms with Gasteiger partial charge in [0.1, 0.15) is 6.54 Å². The van der Waals surface area contributed by atoms with Gasteiger partial charge in [0.2, 0.25) is 5.91 Å². The van der Waals surface area contributed by atoms with Crippen LogP contribution in [0.4, 0.5) is 0 Å². The van der Waals surface area contributed by atoms with Gasteiger partial charge in [-0.1, -0.05) is 85.3 Å². The zero-order valence-corrected chi connectivity index (χ0v) is 24.1. The zero-order chi connectivity index (χ0) is 26.7. The highest BCUT2D eigenvalue weighted by Gasteiger charge is 2.29. The van der Waals surface area contributed by atoms with E-state index in [0.717, 1.165) is 61.7 Å². The minimum atomic E-state index is -0.0713. The molecule has 0 spiro atoms. The molecule has 6 heteroatoms. The third-order valence-corrected chi connectivity index (χ3v) is 8.05. The monoisotopic (exact) mass is 577 g/mol. The van der Waals surface area contributed by atoms with Crippen LogP contribution >= 0.6 is 15.9 Å². The van der Waals surface area contributed by atoms with Gasteiger partial charge < -0.3 is 14.4 Å². The average molecular weight is 579 g/mol. The number of unbranched alkanes of at least 4 members (excludes halogenated alkanes) is 2. The van der Waals surface area contributed by atoms with Crippen molar-refractivity contribution >= 4 is 27.7 Å². The van der Waals surface area contributed by atoms with Crippen LogP contribution in [0.25, 0.3) is 0 Å². The van der Waals surface area contributed by atoms with Gasteiger partial charge in [0.15, 0.2) is 0 Å². The Bertz CT molecular complexity index is 1150. The molecule has 1 aliphatic carbocycles. The van der Waals surface area contributed by atoms with E-state index in [4.69, 9.17) is 0 Å². The number of carbonyl (C=O) groups excluding carboxylic acids is 2. The lowest BCUT2D eigenvalue weighted by Gasteiger charge is -2.36. The van der Waals surface area contributed by atoms with Crippen LogP contribution in [0.3, 0.4) is 0 Å². The van der Waals surface area contributed by atoms with Gasteiger partial charge >= 0.3 is 0 Å². The summed E-state index contributed by atoms with van der Waals surface area (Å²) in [5.41, 5.74) is 2.99. The molecule has 3 aromatic rings. The first-order valence-electron chi connectivity index (χ1n) is 14.1. The molecule has 5 nitrogen and oxygen atoms in total. The van der Waals surface area contributed by atoms with E-state index in [9.17, 15) is 9.59 Å². The van der Waals surface area contributed by atoms with E-state index in [0.29, 0.717) is 18.7 Å². The maximum Gasteiger partial charge on any atom is 0.254 e. The third kappa shape index (κ3) is 7.83. The number of benzene rings is 2. The molecule has 1 fully saturated rings. The van der Waals surface area contributed by atoms with E-state index in [1.165, 1.54) is 12.0 Å². The second-order valence-electron chi connectivity index (χ2n) is 10.4. The second kappa shape index (κ2) is 14.3. The zero-order valence-electron chi connectivity index (χ0n) is 22.5. The van der Waals surface area contributed by atoms with Crippen molar-refractivity contribution in [2.45, 2.75) is 77.4 Å². The minimum Gasteiger partial charge on any atom is -0.345 e. The van der Waals surface area contributed by atoms with Crippen molar-refractivity contribution in [2.24, 2.45) is 0 Å². The van der Waals surface area contributed by atoms with Crippen LogP contribution in [0.5, 0.6) is 0 Å². The van der Waals surface area contributed by atoms with Crippen molar-refractivity contribution in [2.75, 3.05) is 13.1 Å². The van der Waals surface area contributed by atoms with Crippen LogP contribution in [-0.4, -0.2) is 45.3 Å². The Morgan fingerprint density at radius 1 is 0.921 bits per heavy atom. The van der Waals surface area contributed by atoms with Crippen LogP contribution < -0.4 is 0 Å². The van der Waals surface area contributed by atoms with E-state index < -0.39 is 0 Å². The lowest BCUT2D eigenvalue weighted by Crippen LogP contribution is -2.47. The van der Waals surface area contributed by atoms with Crippen molar-refractivity contribution in [1.82, 2.24) is 14.4 Å². The minimum absolute atomic E-state index is 0.0475. The Balaban J connectivity index is 1.54. The Labute approximate surface area is 236 Å². The second-order valence-corrected chi connectivity index (χ2v) is 11.3. The van der Waals surface area contributed by atoms with Gasteiger partial charge in [-0.2, -0.15) is 0 Å². The van der Waals surface area contributed by atoms with Crippen molar-refractivity contribution in [3.8, 4) is 0 Å². The number of amides is 2. The summed E-state index contributed by atoms with van der Waals surface area (Å²) in [4.78, 5) is 31.3. The molecule has 0 saturated heterocycles. The smallest absolute Gasteiger partial charge is 0.254 e. The summed E-state index contributed by atoms with van der Waals surface area (Å²) in [5.74, 6) is -0.0238. The van der Waals surface area contributed by atoms with Gasteiger partial charge in [0.05, 0.1) is 6.54 Å². The van der Waals surface area contributed by atoms with Crippen LogP contribution in [0.1, 0.15) is 79.9 Å². The lowest BCUT2D eigenvalue weighted by atomic mass is 9.94. The molecule has 2 aromatic carbocycles. The first-order valence-corrected chi connectivity index (χ1v) is 14.9. The van der Waals surface area contributed by atoms with Crippen LogP contribution in [-0.2, 0) is 17.9 Å². The molecule has 1 heterocycles. The molecule has 0 radical (unpaired) electrons. The normalized spacial score (nSPS) is 13.8. The maximum atomic E-state index is 14.0. The first kappa shape index (κ1) is 28.2. The molecule has 2 amide bonds. The summed E-state index contributed by atoms with van der Waals surface area (Å²) < 4.78 is 3.18. The topological polar surface area (TPSA) is 45.6 Å². The molecule has 0 N–H and O–H groups in total. The first-order chi connectivity index (χ1) is 18.5. The molecule has 0 unspecified atom stereocenters. The maximum absolute atomic E-state index is 14.0. The molecule has 1 aromatic heterocycles. The largest absolute Gasteiger partial charge is 0.345 e. The summed E-state index contributed by atoms with van der Waals surface area (Å²) in [6.07, 6.45) is 10.7. The SMILES string of the molecule is CCCCCN(CC(=O)N(Cc1cccn1Cc1ccccc1)C1CCCCC1)C(=O)c1ccc(Br)cc1. The van der Waals surface area contributed by atoms with E-state index >= 15 is 0 Å². The van der Waals surface area contributed by atoms with E-state index in [-0.39, 0.29) is 24.4 Å². The van der Waals surface area contributed by atoms with Gasteiger partial charge in [-0.3, -0.25) is 9.59 Å². The Kier molecular flexibility index (Phi) is 10.6. The number of rotatable bonds is 12. The van der Waals surface area contributed by atoms with Gasteiger partial charge in [-0.15, -0.1) is 0 Å². The van der Waals surface area contributed by atoms with Gasteiger partial charge in [0, 0.05) is 41.1 Å². The molecule has 1 saturated carbocycles.